The van der Waals surface area contributed by atoms with E-state index in [2.05, 4.69) is 15.6 Å². The number of hydrogen-bond acceptors (Lipinski definition) is 5. The van der Waals surface area contributed by atoms with Crippen molar-refractivity contribution in [2.75, 3.05) is 11.9 Å². The van der Waals surface area contributed by atoms with Gasteiger partial charge < -0.3 is 19.8 Å². The van der Waals surface area contributed by atoms with Crippen LogP contribution in [0.25, 0.3) is 5.65 Å². The second-order valence-corrected chi connectivity index (χ2v) is 7.94. The Labute approximate surface area is 177 Å². The van der Waals surface area contributed by atoms with Crippen molar-refractivity contribution in [3.63, 3.8) is 0 Å². The van der Waals surface area contributed by atoms with Gasteiger partial charge in [-0.25, -0.2) is 4.98 Å². The fourth-order valence-corrected chi connectivity index (χ4v) is 3.67. The van der Waals surface area contributed by atoms with Crippen LogP contribution in [0.2, 0.25) is 0 Å². The number of nitrogens with one attached hydrogen (secondary N) is 2. The molecule has 1 aromatic carbocycles. The lowest BCUT2D eigenvalue weighted by molar-refractivity contribution is -0.115. The molecule has 30 heavy (non-hydrogen) atoms. The van der Waals surface area contributed by atoms with Gasteiger partial charge in [0.1, 0.15) is 18.0 Å². The predicted molar refractivity (Wildman–Crippen MR) is 116 cm³/mol. The molecule has 0 atom stereocenters. The van der Waals surface area contributed by atoms with Crippen LogP contribution in [-0.4, -0.2) is 27.7 Å². The minimum atomic E-state index is -0.311. The van der Waals surface area contributed by atoms with E-state index in [0.717, 1.165) is 16.2 Å². The summed E-state index contributed by atoms with van der Waals surface area (Å²) in [4.78, 5) is 30.3. The molecule has 0 aliphatic rings. The van der Waals surface area contributed by atoms with E-state index in [0.29, 0.717) is 22.9 Å². The quantitative estimate of drug-likeness (QED) is 0.478. The van der Waals surface area contributed by atoms with E-state index in [1.54, 1.807) is 24.3 Å². The van der Waals surface area contributed by atoms with Crippen LogP contribution in [0.15, 0.2) is 67.0 Å². The number of carbonyl (C=O) groups excluding carboxylic acids is 2. The molecule has 0 bridgehead atoms. The van der Waals surface area contributed by atoms with Crippen molar-refractivity contribution in [2.45, 2.75) is 13.5 Å². The number of aryl methyl sites for hydroxylation is 1. The fourth-order valence-electron chi connectivity index (χ4n) is 2.89. The molecule has 4 aromatic rings. The van der Waals surface area contributed by atoms with E-state index in [1.807, 2.05) is 54.0 Å². The van der Waals surface area contributed by atoms with E-state index < -0.39 is 0 Å². The number of pyridine rings is 1. The molecule has 2 amide bonds. The van der Waals surface area contributed by atoms with Gasteiger partial charge in [-0.15, -0.1) is 11.3 Å². The van der Waals surface area contributed by atoms with Crippen molar-refractivity contribution in [1.29, 1.82) is 0 Å². The number of imidazole rings is 1. The van der Waals surface area contributed by atoms with Gasteiger partial charge >= 0.3 is 0 Å². The van der Waals surface area contributed by atoms with E-state index in [9.17, 15) is 9.59 Å². The molecule has 0 spiro atoms. The maximum Gasteiger partial charge on any atom is 0.261 e. The van der Waals surface area contributed by atoms with Crippen molar-refractivity contribution in [2.24, 2.45) is 0 Å². The number of carbonyl (C=O) groups is 2. The number of benzene rings is 1. The predicted octanol–water partition coefficient (Wildman–Crippen LogP) is 3.65. The molecule has 0 fully saturated rings. The van der Waals surface area contributed by atoms with Gasteiger partial charge in [-0.2, -0.15) is 0 Å². The Morgan fingerprint density at radius 3 is 2.83 bits per heavy atom. The van der Waals surface area contributed by atoms with E-state index in [1.165, 1.54) is 11.3 Å². The summed E-state index contributed by atoms with van der Waals surface area (Å²) in [6.07, 6.45) is 3.85. The topological polar surface area (TPSA) is 84.7 Å². The molecule has 0 radical (unpaired) electrons. The lowest BCUT2D eigenvalue weighted by Crippen LogP contribution is -2.32. The number of rotatable bonds is 7. The van der Waals surface area contributed by atoms with Crippen molar-refractivity contribution < 1.29 is 14.3 Å². The Bertz CT molecular complexity index is 1160. The zero-order valence-electron chi connectivity index (χ0n) is 16.3. The summed E-state index contributed by atoms with van der Waals surface area (Å²) in [6.45, 7) is 2.13. The number of amides is 2. The third-order valence-electron chi connectivity index (χ3n) is 4.29. The van der Waals surface area contributed by atoms with Crippen LogP contribution in [-0.2, 0) is 11.4 Å². The highest BCUT2D eigenvalue weighted by atomic mass is 32.1. The molecule has 7 nitrogen and oxygen atoms in total. The fraction of sp³-hybridized carbons (Fsp3) is 0.136. The first-order valence-corrected chi connectivity index (χ1v) is 10.2. The minimum absolute atomic E-state index is 0.109. The highest BCUT2D eigenvalue weighted by Crippen LogP contribution is 2.19. The summed E-state index contributed by atoms with van der Waals surface area (Å²) in [5, 5.41) is 5.39. The normalized spacial score (nSPS) is 10.7. The maximum atomic E-state index is 12.2. The summed E-state index contributed by atoms with van der Waals surface area (Å²) in [6, 6.07) is 16.5. The number of anilines is 1. The molecule has 0 saturated carbocycles. The average Bonchev–Trinajstić information content (AvgIpc) is 3.36. The molecule has 0 unspecified atom stereocenters. The Kier molecular flexibility index (Phi) is 5.76. The standard InChI is InChI=1S/C22H20N4O3S/c1-15-8-9-19(30-15)22(28)23-12-21(27)25-16-5-4-6-18(11-16)29-14-17-13-26-10-3-2-7-20(26)24-17/h2-11,13H,12,14H2,1H3,(H,23,28)(H,25,27). The number of hydrogen-bond donors (Lipinski definition) is 2. The SMILES string of the molecule is Cc1ccc(C(=O)NCC(=O)Nc2cccc(OCc3cn4ccccc4n3)c2)s1. The van der Waals surface area contributed by atoms with Crippen molar-refractivity contribution in [1.82, 2.24) is 14.7 Å². The maximum absolute atomic E-state index is 12.2. The van der Waals surface area contributed by atoms with Gasteiger partial charge in [-0.3, -0.25) is 9.59 Å². The largest absolute Gasteiger partial charge is 0.487 e. The molecule has 3 heterocycles. The second-order valence-electron chi connectivity index (χ2n) is 6.66. The number of aromatic nitrogens is 2. The summed E-state index contributed by atoms with van der Waals surface area (Å²) in [5.41, 5.74) is 2.26. The smallest absolute Gasteiger partial charge is 0.261 e. The van der Waals surface area contributed by atoms with Crippen molar-refractivity contribution >= 4 is 34.5 Å². The van der Waals surface area contributed by atoms with Crippen LogP contribution in [0.1, 0.15) is 20.2 Å². The van der Waals surface area contributed by atoms with Crippen LogP contribution in [0.5, 0.6) is 5.75 Å². The third-order valence-corrected chi connectivity index (χ3v) is 5.29. The van der Waals surface area contributed by atoms with Crippen LogP contribution in [0, 0.1) is 6.92 Å². The van der Waals surface area contributed by atoms with Crippen LogP contribution in [0.4, 0.5) is 5.69 Å². The lowest BCUT2D eigenvalue weighted by atomic mass is 10.3. The van der Waals surface area contributed by atoms with Gasteiger partial charge in [0.2, 0.25) is 5.91 Å². The van der Waals surface area contributed by atoms with Gasteiger partial charge in [0.15, 0.2) is 0 Å². The first-order valence-electron chi connectivity index (χ1n) is 9.37. The van der Waals surface area contributed by atoms with Crippen molar-refractivity contribution in [3.8, 4) is 5.75 Å². The molecule has 2 N–H and O–H groups in total. The Hall–Kier alpha value is -3.65. The molecule has 0 aliphatic heterocycles. The zero-order valence-corrected chi connectivity index (χ0v) is 17.1. The number of nitrogens with zero attached hydrogens (tertiary/aromatic N) is 2. The number of fused-ring (bicyclic) bond motifs is 1. The molecule has 3 aromatic heterocycles. The molecular weight excluding hydrogens is 400 g/mol. The van der Waals surface area contributed by atoms with E-state index >= 15 is 0 Å². The highest BCUT2D eigenvalue weighted by molar-refractivity contribution is 7.13. The summed E-state index contributed by atoms with van der Waals surface area (Å²) in [7, 11) is 0. The summed E-state index contributed by atoms with van der Waals surface area (Å²) < 4.78 is 7.74. The summed E-state index contributed by atoms with van der Waals surface area (Å²) in [5.74, 6) is 0.0462. The van der Waals surface area contributed by atoms with Crippen LogP contribution >= 0.6 is 11.3 Å². The average molecular weight is 420 g/mol. The van der Waals surface area contributed by atoms with Gasteiger partial charge in [0.05, 0.1) is 17.1 Å². The first kappa shape index (κ1) is 19.7. The van der Waals surface area contributed by atoms with Gasteiger partial charge in [-0.1, -0.05) is 12.1 Å². The Morgan fingerprint density at radius 1 is 1.13 bits per heavy atom. The Morgan fingerprint density at radius 2 is 2.03 bits per heavy atom. The lowest BCUT2D eigenvalue weighted by Gasteiger charge is -2.09. The number of thiophene rings is 1. The first-order chi connectivity index (χ1) is 14.6. The molecular formula is C22H20N4O3S. The van der Waals surface area contributed by atoms with Crippen LogP contribution in [0.3, 0.4) is 0 Å². The van der Waals surface area contributed by atoms with Crippen LogP contribution < -0.4 is 15.4 Å². The molecule has 8 heteroatoms. The van der Waals surface area contributed by atoms with Gasteiger partial charge in [0, 0.05) is 29.0 Å². The van der Waals surface area contributed by atoms with E-state index in [-0.39, 0.29) is 18.4 Å². The Balaban J connectivity index is 1.30. The van der Waals surface area contributed by atoms with Gasteiger partial charge in [-0.05, 0) is 43.3 Å². The molecule has 152 valence electrons. The third kappa shape index (κ3) is 4.84. The van der Waals surface area contributed by atoms with E-state index in [4.69, 9.17) is 4.74 Å². The molecule has 0 aliphatic carbocycles. The monoisotopic (exact) mass is 420 g/mol. The zero-order chi connectivity index (χ0) is 20.9. The second kappa shape index (κ2) is 8.79. The molecule has 0 saturated heterocycles. The summed E-state index contributed by atoms with van der Waals surface area (Å²) >= 11 is 1.39. The molecule has 4 rings (SSSR count). The highest BCUT2D eigenvalue weighted by Gasteiger charge is 2.10. The number of ether oxygens (including phenoxy) is 1. The minimum Gasteiger partial charge on any atom is -0.487 e. The van der Waals surface area contributed by atoms with Gasteiger partial charge in [0.25, 0.3) is 5.91 Å². The van der Waals surface area contributed by atoms with Crippen molar-refractivity contribution in [3.05, 3.63) is 82.4 Å².